The molecule has 0 spiro atoms. The van der Waals surface area contributed by atoms with Gasteiger partial charge in [-0.1, -0.05) is 37.1 Å². The second-order valence-electron chi connectivity index (χ2n) is 9.23. The van der Waals surface area contributed by atoms with Gasteiger partial charge in [0.2, 0.25) is 0 Å². The molecule has 0 radical (unpaired) electrons. The van der Waals surface area contributed by atoms with E-state index < -0.39 is 11.9 Å². The molecule has 1 aliphatic carbocycles. The Morgan fingerprint density at radius 1 is 1.03 bits per heavy atom. The van der Waals surface area contributed by atoms with E-state index in [0.717, 1.165) is 50.0 Å². The summed E-state index contributed by atoms with van der Waals surface area (Å²) in [5, 5.41) is 16.7. The predicted molar refractivity (Wildman–Crippen MR) is 129 cm³/mol. The van der Waals surface area contributed by atoms with Crippen molar-refractivity contribution >= 4 is 23.7 Å². The molecule has 1 atom stereocenters. The number of aromatic nitrogens is 2. The Morgan fingerprint density at radius 2 is 1.71 bits per heavy atom. The number of nitrogens with zero attached hydrogens (tertiary/aromatic N) is 3. The number of piperidine rings is 1. The molecule has 1 aromatic carbocycles. The zero-order valence-corrected chi connectivity index (χ0v) is 20.4. The SMILES string of the molecule is CN1CCC(OC2c3ccccc3CCn3cc(SC4CCCC4)nc32)CC1.O=C(O)C(=O)O. The Balaban J connectivity index is 0.000000408. The Morgan fingerprint density at radius 3 is 2.38 bits per heavy atom. The molecule has 3 heterocycles. The van der Waals surface area contributed by atoms with Crippen LogP contribution in [0.15, 0.2) is 35.5 Å². The van der Waals surface area contributed by atoms with Gasteiger partial charge in [0.25, 0.3) is 0 Å². The van der Waals surface area contributed by atoms with Gasteiger partial charge >= 0.3 is 11.9 Å². The molecule has 1 unspecified atom stereocenters. The molecule has 2 fully saturated rings. The first-order valence-corrected chi connectivity index (χ1v) is 12.9. The lowest BCUT2D eigenvalue weighted by Crippen LogP contribution is -2.35. The molecular formula is C25H33N3O5S. The number of carbonyl (C=O) groups is 2. The number of hydrogen-bond acceptors (Lipinski definition) is 6. The van der Waals surface area contributed by atoms with Crippen LogP contribution in [0.25, 0.3) is 0 Å². The average Bonchev–Trinajstić information content (AvgIpc) is 3.45. The van der Waals surface area contributed by atoms with Crippen molar-refractivity contribution in [3.8, 4) is 0 Å². The number of carboxylic acid groups (broad SMARTS) is 2. The molecule has 0 bridgehead atoms. The fourth-order valence-electron chi connectivity index (χ4n) is 4.87. The van der Waals surface area contributed by atoms with Crippen LogP contribution in [0.1, 0.15) is 61.6 Å². The van der Waals surface area contributed by atoms with E-state index in [1.807, 2.05) is 11.8 Å². The first kappa shape index (κ1) is 24.8. The lowest BCUT2D eigenvalue weighted by Gasteiger charge is -2.32. The number of thioether (sulfide) groups is 1. The van der Waals surface area contributed by atoms with Crippen molar-refractivity contribution in [1.82, 2.24) is 14.5 Å². The molecule has 9 heteroatoms. The largest absolute Gasteiger partial charge is 0.473 e. The number of carboxylic acids is 2. The highest BCUT2D eigenvalue weighted by Gasteiger charge is 2.31. The molecule has 1 aromatic heterocycles. The molecule has 8 nitrogen and oxygen atoms in total. The monoisotopic (exact) mass is 487 g/mol. The van der Waals surface area contributed by atoms with Gasteiger partial charge in [0.1, 0.15) is 17.0 Å². The second kappa shape index (κ2) is 11.4. The second-order valence-corrected chi connectivity index (χ2v) is 10.6. The predicted octanol–water partition coefficient (Wildman–Crippen LogP) is 3.83. The molecule has 2 aliphatic heterocycles. The standard InChI is InChI=1S/C23H31N3OS.C2H2O4/c1-25-13-11-18(12-14-25)27-22-20-9-5-2-6-17(20)10-15-26-16-21(24-23(22)26)28-19-7-3-4-8-19;3-1(4)2(5)6/h2,5-6,9,16,18-19,22H,3-4,7-8,10-15H2,1H3;(H,3,4)(H,5,6). The zero-order valence-electron chi connectivity index (χ0n) is 19.6. The van der Waals surface area contributed by atoms with Gasteiger partial charge < -0.3 is 24.4 Å². The Labute approximate surface area is 204 Å². The van der Waals surface area contributed by atoms with Crippen LogP contribution >= 0.6 is 11.8 Å². The maximum Gasteiger partial charge on any atom is 0.414 e. The molecule has 1 saturated heterocycles. The number of aryl methyl sites for hydroxylation is 2. The van der Waals surface area contributed by atoms with Crippen molar-refractivity contribution in [2.45, 2.75) is 74.0 Å². The summed E-state index contributed by atoms with van der Waals surface area (Å²) < 4.78 is 9.15. The van der Waals surface area contributed by atoms with E-state index in [1.165, 1.54) is 41.8 Å². The van der Waals surface area contributed by atoms with Gasteiger partial charge in [-0.2, -0.15) is 0 Å². The lowest BCUT2D eigenvalue weighted by molar-refractivity contribution is -0.159. The summed E-state index contributed by atoms with van der Waals surface area (Å²) in [5.74, 6) is -2.53. The minimum Gasteiger partial charge on any atom is -0.473 e. The van der Waals surface area contributed by atoms with Crippen molar-refractivity contribution in [3.63, 3.8) is 0 Å². The normalized spacial score (nSPS) is 21.1. The van der Waals surface area contributed by atoms with Crippen molar-refractivity contribution in [1.29, 1.82) is 0 Å². The van der Waals surface area contributed by atoms with Gasteiger partial charge in [0, 0.05) is 31.1 Å². The number of rotatable bonds is 4. The van der Waals surface area contributed by atoms with Crippen molar-refractivity contribution in [2.75, 3.05) is 20.1 Å². The van der Waals surface area contributed by atoms with E-state index >= 15 is 0 Å². The van der Waals surface area contributed by atoms with Gasteiger partial charge in [-0.3, -0.25) is 0 Å². The highest BCUT2D eigenvalue weighted by Crippen LogP contribution is 2.38. The molecule has 3 aliphatic rings. The number of hydrogen-bond donors (Lipinski definition) is 2. The number of aliphatic carboxylic acids is 2. The van der Waals surface area contributed by atoms with E-state index in [4.69, 9.17) is 29.5 Å². The fourth-order valence-corrected chi connectivity index (χ4v) is 6.12. The van der Waals surface area contributed by atoms with Gasteiger partial charge in [0.15, 0.2) is 0 Å². The Bertz CT molecular complexity index is 984. The molecule has 5 rings (SSSR count). The lowest BCUT2D eigenvalue weighted by atomic mass is 10.00. The summed E-state index contributed by atoms with van der Waals surface area (Å²) in [6.45, 7) is 3.24. The van der Waals surface area contributed by atoms with Crippen molar-refractivity contribution in [2.24, 2.45) is 0 Å². The molecule has 2 aromatic rings. The molecular weight excluding hydrogens is 454 g/mol. The topological polar surface area (TPSA) is 105 Å². The van der Waals surface area contributed by atoms with Crippen LogP contribution in [0.5, 0.6) is 0 Å². The molecule has 2 N–H and O–H groups in total. The zero-order chi connectivity index (χ0) is 24.1. The van der Waals surface area contributed by atoms with Crippen molar-refractivity contribution in [3.05, 3.63) is 47.4 Å². The highest BCUT2D eigenvalue weighted by molar-refractivity contribution is 7.99. The van der Waals surface area contributed by atoms with Crippen LogP contribution in [-0.4, -0.2) is 68.1 Å². The third-order valence-electron chi connectivity index (χ3n) is 6.75. The maximum atomic E-state index is 9.10. The van der Waals surface area contributed by atoms with Gasteiger partial charge in [0.05, 0.1) is 6.10 Å². The minimum atomic E-state index is -1.82. The third-order valence-corrected chi connectivity index (χ3v) is 7.99. The Hall–Kier alpha value is -2.36. The Kier molecular flexibility index (Phi) is 8.28. The first-order valence-electron chi connectivity index (χ1n) is 12.0. The first-order chi connectivity index (χ1) is 16.4. The number of benzene rings is 1. The summed E-state index contributed by atoms with van der Waals surface area (Å²) in [6.07, 6.45) is 11.3. The smallest absolute Gasteiger partial charge is 0.414 e. The average molecular weight is 488 g/mol. The number of ether oxygens (including phenoxy) is 1. The van der Waals surface area contributed by atoms with E-state index in [0.29, 0.717) is 6.10 Å². The molecule has 1 saturated carbocycles. The summed E-state index contributed by atoms with van der Waals surface area (Å²) >= 11 is 1.99. The summed E-state index contributed by atoms with van der Waals surface area (Å²) in [6, 6.07) is 8.82. The highest BCUT2D eigenvalue weighted by atomic mass is 32.2. The molecule has 0 amide bonds. The van der Waals surface area contributed by atoms with Gasteiger partial charge in [-0.05, 0) is 50.3 Å². The third kappa shape index (κ3) is 6.20. The fraction of sp³-hybridized carbons (Fsp3) is 0.560. The quantitative estimate of drug-likeness (QED) is 0.627. The van der Waals surface area contributed by atoms with E-state index in [1.54, 1.807) is 0 Å². The number of likely N-dealkylation sites (tertiary alicyclic amines) is 1. The van der Waals surface area contributed by atoms with Gasteiger partial charge in [-0.25, -0.2) is 14.6 Å². The van der Waals surface area contributed by atoms with Gasteiger partial charge in [-0.15, -0.1) is 11.8 Å². The number of imidazole rings is 1. The summed E-state index contributed by atoms with van der Waals surface area (Å²) in [4.78, 5) is 25.7. The van der Waals surface area contributed by atoms with Crippen molar-refractivity contribution < 1.29 is 24.5 Å². The number of fused-ring (bicyclic) bond motifs is 2. The minimum absolute atomic E-state index is 0.0370. The van der Waals surface area contributed by atoms with Crippen LogP contribution in [-0.2, 0) is 27.3 Å². The van der Waals surface area contributed by atoms with Crippen LogP contribution in [0.4, 0.5) is 0 Å². The van der Waals surface area contributed by atoms with E-state index in [9.17, 15) is 0 Å². The molecule has 184 valence electrons. The van der Waals surface area contributed by atoms with E-state index in [2.05, 4.69) is 47.0 Å². The summed E-state index contributed by atoms with van der Waals surface area (Å²) in [5.41, 5.74) is 2.74. The van der Waals surface area contributed by atoms with Crippen LogP contribution in [0, 0.1) is 0 Å². The summed E-state index contributed by atoms with van der Waals surface area (Å²) in [7, 11) is 2.20. The molecule has 34 heavy (non-hydrogen) atoms. The maximum absolute atomic E-state index is 9.10. The van der Waals surface area contributed by atoms with Crippen LogP contribution < -0.4 is 0 Å². The van der Waals surface area contributed by atoms with E-state index in [-0.39, 0.29) is 6.10 Å². The van der Waals surface area contributed by atoms with Crippen LogP contribution in [0.2, 0.25) is 0 Å². The van der Waals surface area contributed by atoms with Crippen LogP contribution in [0.3, 0.4) is 0 Å².